The Morgan fingerprint density at radius 2 is 2.17 bits per heavy atom. The van der Waals surface area contributed by atoms with Crippen LogP contribution < -0.4 is 0 Å². The van der Waals surface area contributed by atoms with Crippen LogP contribution in [0.15, 0.2) is 36.5 Å². The van der Waals surface area contributed by atoms with Crippen LogP contribution in [0.1, 0.15) is 28.8 Å². The van der Waals surface area contributed by atoms with E-state index in [1.807, 2.05) is 42.0 Å². The van der Waals surface area contributed by atoms with E-state index in [4.69, 9.17) is 4.74 Å². The number of rotatable bonds is 4. The lowest BCUT2D eigenvalue weighted by Crippen LogP contribution is -2.13. The van der Waals surface area contributed by atoms with Gasteiger partial charge < -0.3 is 9.30 Å². The largest absolute Gasteiger partial charge is 0.461 e. The van der Waals surface area contributed by atoms with Crippen molar-refractivity contribution in [2.24, 2.45) is 0 Å². The number of aromatic nitrogens is 2. The van der Waals surface area contributed by atoms with Crippen molar-refractivity contribution >= 4 is 5.97 Å². The smallest absolute Gasteiger partial charge is 0.354 e. The fourth-order valence-electron chi connectivity index (χ4n) is 1.80. The van der Waals surface area contributed by atoms with Gasteiger partial charge in [0.25, 0.3) is 0 Å². The summed E-state index contributed by atoms with van der Waals surface area (Å²) in [5.41, 5.74) is 2.45. The molecule has 0 saturated carbocycles. The summed E-state index contributed by atoms with van der Waals surface area (Å²) in [6.45, 7) is 4.70. The van der Waals surface area contributed by atoms with Gasteiger partial charge in [-0.15, -0.1) is 0 Å². The molecule has 0 atom stereocenters. The molecule has 0 saturated heterocycles. The van der Waals surface area contributed by atoms with Gasteiger partial charge >= 0.3 is 5.97 Å². The highest BCUT2D eigenvalue weighted by molar-refractivity contribution is 5.87. The molecular weight excluding hydrogens is 228 g/mol. The first kappa shape index (κ1) is 12.4. The molecule has 4 nitrogen and oxygen atoms in total. The number of aryl methyl sites for hydroxylation is 1. The van der Waals surface area contributed by atoms with Crippen molar-refractivity contribution in [3.8, 4) is 0 Å². The molecule has 0 unspecified atom stereocenters. The third-order valence-corrected chi connectivity index (χ3v) is 2.59. The van der Waals surface area contributed by atoms with Gasteiger partial charge in [-0.1, -0.05) is 6.07 Å². The van der Waals surface area contributed by atoms with Gasteiger partial charge in [0.15, 0.2) is 0 Å². The zero-order valence-electron chi connectivity index (χ0n) is 10.6. The van der Waals surface area contributed by atoms with E-state index in [-0.39, 0.29) is 5.97 Å². The second-order valence-electron chi connectivity index (χ2n) is 4.01. The summed E-state index contributed by atoms with van der Waals surface area (Å²) < 4.78 is 6.86. The van der Waals surface area contributed by atoms with E-state index in [9.17, 15) is 4.79 Å². The predicted molar refractivity (Wildman–Crippen MR) is 68.5 cm³/mol. The van der Waals surface area contributed by atoms with E-state index in [0.29, 0.717) is 18.8 Å². The van der Waals surface area contributed by atoms with Crippen molar-refractivity contribution in [3.63, 3.8) is 0 Å². The molecule has 2 aromatic heterocycles. The molecule has 0 amide bonds. The van der Waals surface area contributed by atoms with Crippen LogP contribution in [0.4, 0.5) is 0 Å². The van der Waals surface area contributed by atoms with E-state index in [2.05, 4.69) is 4.98 Å². The van der Waals surface area contributed by atoms with Crippen LogP contribution in [0, 0.1) is 6.92 Å². The Morgan fingerprint density at radius 3 is 2.89 bits per heavy atom. The molecular formula is C14H16N2O2. The molecule has 0 N–H and O–H groups in total. The summed E-state index contributed by atoms with van der Waals surface area (Å²) in [6, 6.07) is 9.45. The van der Waals surface area contributed by atoms with Gasteiger partial charge in [0.05, 0.1) is 18.8 Å². The highest BCUT2D eigenvalue weighted by atomic mass is 16.5. The van der Waals surface area contributed by atoms with Gasteiger partial charge in [0.1, 0.15) is 5.69 Å². The molecule has 94 valence electrons. The van der Waals surface area contributed by atoms with Crippen LogP contribution in [-0.4, -0.2) is 22.1 Å². The van der Waals surface area contributed by atoms with Gasteiger partial charge in [-0.2, -0.15) is 0 Å². The molecule has 4 heteroatoms. The van der Waals surface area contributed by atoms with Crippen molar-refractivity contribution in [1.29, 1.82) is 0 Å². The predicted octanol–water partition coefficient (Wildman–Crippen LogP) is 2.42. The molecule has 2 rings (SSSR count). The monoisotopic (exact) mass is 244 g/mol. The zero-order chi connectivity index (χ0) is 13.0. The summed E-state index contributed by atoms with van der Waals surface area (Å²) in [7, 11) is 0. The Morgan fingerprint density at radius 1 is 1.33 bits per heavy atom. The number of hydrogen-bond acceptors (Lipinski definition) is 3. The van der Waals surface area contributed by atoms with Gasteiger partial charge in [-0.05, 0) is 38.1 Å². The van der Waals surface area contributed by atoms with Gasteiger partial charge in [0.2, 0.25) is 0 Å². The van der Waals surface area contributed by atoms with Crippen molar-refractivity contribution < 1.29 is 9.53 Å². The highest BCUT2D eigenvalue weighted by Crippen LogP contribution is 2.08. The second-order valence-corrected chi connectivity index (χ2v) is 4.01. The summed E-state index contributed by atoms with van der Waals surface area (Å²) >= 11 is 0. The molecule has 2 heterocycles. The van der Waals surface area contributed by atoms with E-state index in [1.54, 1.807) is 13.0 Å². The van der Waals surface area contributed by atoms with E-state index in [1.165, 1.54) is 0 Å². The normalized spacial score (nSPS) is 10.3. The van der Waals surface area contributed by atoms with Gasteiger partial charge in [-0.3, -0.25) is 4.98 Å². The molecule has 0 aliphatic carbocycles. The Labute approximate surface area is 106 Å². The molecule has 0 bridgehead atoms. The van der Waals surface area contributed by atoms with Crippen LogP contribution in [0.3, 0.4) is 0 Å². The minimum atomic E-state index is -0.296. The first-order valence-electron chi connectivity index (χ1n) is 5.95. The van der Waals surface area contributed by atoms with Crippen molar-refractivity contribution in [2.45, 2.75) is 20.4 Å². The molecule has 0 aliphatic heterocycles. The van der Waals surface area contributed by atoms with Crippen LogP contribution in [-0.2, 0) is 11.3 Å². The summed E-state index contributed by atoms with van der Waals surface area (Å²) in [5.74, 6) is -0.296. The number of nitrogens with zero attached hydrogens (tertiary/aromatic N) is 2. The lowest BCUT2D eigenvalue weighted by molar-refractivity contribution is 0.0514. The minimum absolute atomic E-state index is 0.296. The van der Waals surface area contributed by atoms with E-state index in [0.717, 1.165) is 11.4 Å². The molecule has 0 aliphatic rings. The van der Waals surface area contributed by atoms with Crippen LogP contribution in [0.25, 0.3) is 0 Å². The lowest BCUT2D eigenvalue weighted by atomic mass is 10.3. The Kier molecular flexibility index (Phi) is 3.77. The molecule has 0 spiro atoms. The maximum absolute atomic E-state index is 11.7. The Balaban J connectivity index is 2.20. The Hall–Kier alpha value is -2.10. The summed E-state index contributed by atoms with van der Waals surface area (Å²) in [5, 5.41) is 0. The second kappa shape index (κ2) is 5.49. The summed E-state index contributed by atoms with van der Waals surface area (Å²) in [4.78, 5) is 16.1. The number of carbonyl (C=O) groups excluding carboxylic acids is 1. The molecule has 0 radical (unpaired) electrons. The Bertz CT molecular complexity index is 546. The molecule has 2 aromatic rings. The molecule has 18 heavy (non-hydrogen) atoms. The number of ether oxygens (including phenoxy) is 1. The number of carbonyl (C=O) groups is 1. The standard InChI is InChI=1S/C14H16N2O2/c1-3-18-14(17)13-8-5-9-16(13)10-12-7-4-6-11(2)15-12/h4-9H,3,10H2,1-2H3. The summed E-state index contributed by atoms with van der Waals surface area (Å²) in [6.07, 6.45) is 1.86. The van der Waals surface area contributed by atoms with Crippen LogP contribution in [0.2, 0.25) is 0 Å². The van der Waals surface area contributed by atoms with Crippen LogP contribution in [0.5, 0.6) is 0 Å². The topological polar surface area (TPSA) is 44.1 Å². The third-order valence-electron chi connectivity index (χ3n) is 2.59. The van der Waals surface area contributed by atoms with Crippen LogP contribution >= 0.6 is 0 Å². The SMILES string of the molecule is CCOC(=O)c1cccn1Cc1cccc(C)n1. The number of esters is 1. The van der Waals surface area contributed by atoms with Gasteiger partial charge in [0, 0.05) is 11.9 Å². The van der Waals surface area contributed by atoms with Crippen molar-refractivity contribution in [1.82, 2.24) is 9.55 Å². The maximum Gasteiger partial charge on any atom is 0.354 e. The van der Waals surface area contributed by atoms with Crippen molar-refractivity contribution in [3.05, 3.63) is 53.6 Å². The minimum Gasteiger partial charge on any atom is -0.461 e. The first-order valence-corrected chi connectivity index (χ1v) is 5.95. The highest BCUT2D eigenvalue weighted by Gasteiger charge is 2.11. The average Bonchev–Trinajstić information content (AvgIpc) is 2.77. The molecule has 0 fully saturated rings. The zero-order valence-corrected chi connectivity index (χ0v) is 10.6. The van der Waals surface area contributed by atoms with E-state index >= 15 is 0 Å². The van der Waals surface area contributed by atoms with Gasteiger partial charge in [-0.25, -0.2) is 4.79 Å². The fourth-order valence-corrected chi connectivity index (χ4v) is 1.80. The van der Waals surface area contributed by atoms with E-state index < -0.39 is 0 Å². The molecule has 0 aromatic carbocycles. The lowest BCUT2D eigenvalue weighted by Gasteiger charge is -2.08. The third kappa shape index (κ3) is 2.77. The van der Waals surface area contributed by atoms with Crippen molar-refractivity contribution in [2.75, 3.05) is 6.61 Å². The number of hydrogen-bond donors (Lipinski definition) is 0. The fraction of sp³-hybridized carbons (Fsp3) is 0.286. The average molecular weight is 244 g/mol. The first-order chi connectivity index (χ1) is 8.70. The number of pyridine rings is 1. The maximum atomic E-state index is 11.7. The quantitative estimate of drug-likeness (QED) is 0.776.